The topological polar surface area (TPSA) is 62.4 Å². The Bertz CT molecular complexity index is 492. The minimum Gasteiger partial charge on any atom is -0.376 e. The van der Waals surface area contributed by atoms with Crippen molar-refractivity contribution in [2.24, 2.45) is 0 Å². The fraction of sp³-hybridized carbons (Fsp3) is 0.385. The number of amides is 1. The summed E-state index contributed by atoms with van der Waals surface area (Å²) >= 11 is 11.0. The van der Waals surface area contributed by atoms with Gasteiger partial charge in [-0.25, -0.2) is 0 Å². The summed E-state index contributed by atoms with van der Waals surface area (Å²) in [5.41, 5.74) is 5.53. The van der Waals surface area contributed by atoms with E-state index in [1.165, 1.54) is 0 Å². The molecule has 1 aromatic carbocycles. The number of thiocarbonyl (C=S) groups is 1. The van der Waals surface area contributed by atoms with Crippen LogP contribution in [0.5, 0.6) is 0 Å². The van der Waals surface area contributed by atoms with E-state index < -0.39 is 0 Å². The molecule has 2 rings (SSSR count). The van der Waals surface area contributed by atoms with E-state index >= 15 is 0 Å². The van der Waals surface area contributed by atoms with Crippen LogP contribution in [0.4, 0.5) is 0 Å². The molecule has 0 spiro atoms. The van der Waals surface area contributed by atoms with Crippen LogP contribution < -0.4 is 16.2 Å². The van der Waals surface area contributed by atoms with Gasteiger partial charge < -0.3 is 10.1 Å². The van der Waals surface area contributed by atoms with Crippen LogP contribution in [0.2, 0.25) is 5.02 Å². The number of hydrazine groups is 1. The van der Waals surface area contributed by atoms with Crippen LogP contribution in [-0.2, 0) is 4.74 Å². The van der Waals surface area contributed by atoms with E-state index in [-0.39, 0.29) is 12.0 Å². The van der Waals surface area contributed by atoms with Gasteiger partial charge in [0.1, 0.15) is 0 Å². The summed E-state index contributed by atoms with van der Waals surface area (Å²) in [6.45, 7) is 1.43. The van der Waals surface area contributed by atoms with Gasteiger partial charge in [-0.05, 0) is 37.2 Å². The summed E-state index contributed by atoms with van der Waals surface area (Å²) in [6, 6.07) is 6.81. The highest BCUT2D eigenvalue weighted by atomic mass is 35.5. The van der Waals surface area contributed by atoms with Crippen molar-refractivity contribution in [1.29, 1.82) is 0 Å². The lowest BCUT2D eigenvalue weighted by molar-refractivity contribution is 0.0943. The molecule has 1 atom stereocenters. The predicted molar refractivity (Wildman–Crippen MR) is 81.6 cm³/mol. The van der Waals surface area contributed by atoms with Gasteiger partial charge >= 0.3 is 0 Å². The lowest BCUT2D eigenvalue weighted by Crippen LogP contribution is -2.48. The summed E-state index contributed by atoms with van der Waals surface area (Å²) in [6.07, 6.45) is 2.30. The van der Waals surface area contributed by atoms with Gasteiger partial charge in [0.25, 0.3) is 5.91 Å². The predicted octanol–water partition coefficient (Wildman–Crippen LogP) is 1.63. The maximum atomic E-state index is 11.9. The van der Waals surface area contributed by atoms with Crippen molar-refractivity contribution in [1.82, 2.24) is 16.2 Å². The fourth-order valence-corrected chi connectivity index (χ4v) is 2.24. The van der Waals surface area contributed by atoms with Crippen LogP contribution in [0.3, 0.4) is 0 Å². The molecule has 20 heavy (non-hydrogen) atoms. The second-order valence-corrected chi connectivity index (χ2v) is 5.22. The second kappa shape index (κ2) is 7.42. The van der Waals surface area contributed by atoms with E-state index in [0.29, 0.717) is 22.2 Å². The maximum absolute atomic E-state index is 11.9. The molecule has 0 aliphatic carbocycles. The normalized spacial score (nSPS) is 17.6. The van der Waals surface area contributed by atoms with E-state index in [9.17, 15) is 4.79 Å². The quantitative estimate of drug-likeness (QED) is 0.585. The molecule has 0 aromatic heterocycles. The molecule has 1 aliphatic heterocycles. The van der Waals surface area contributed by atoms with Crippen molar-refractivity contribution in [3.63, 3.8) is 0 Å². The van der Waals surface area contributed by atoms with Crippen molar-refractivity contribution in [2.75, 3.05) is 13.2 Å². The Labute approximate surface area is 128 Å². The van der Waals surface area contributed by atoms with Crippen LogP contribution in [0.1, 0.15) is 23.2 Å². The number of carbonyl (C=O) groups is 1. The number of rotatable bonds is 3. The Hall–Kier alpha value is -1.37. The van der Waals surface area contributed by atoms with Crippen LogP contribution in [0, 0.1) is 0 Å². The molecule has 5 nitrogen and oxygen atoms in total. The van der Waals surface area contributed by atoms with Gasteiger partial charge in [-0.3, -0.25) is 15.6 Å². The van der Waals surface area contributed by atoms with Crippen molar-refractivity contribution in [3.05, 3.63) is 34.9 Å². The number of benzene rings is 1. The minimum absolute atomic E-state index is 0.189. The van der Waals surface area contributed by atoms with Crippen molar-refractivity contribution < 1.29 is 9.53 Å². The Morgan fingerprint density at radius 1 is 1.40 bits per heavy atom. The SMILES string of the molecule is O=C(NNC(=S)NCC1CCCO1)c1ccccc1Cl. The number of hydrogen-bond acceptors (Lipinski definition) is 3. The average Bonchev–Trinajstić information content (AvgIpc) is 2.96. The zero-order chi connectivity index (χ0) is 14.4. The molecule has 1 unspecified atom stereocenters. The molecular weight excluding hydrogens is 298 g/mol. The van der Waals surface area contributed by atoms with Crippen LogP contribution in [-0.4, -0.2) is 30.3 Å². The van der Waals surface area contributed by atoms with Crippen molar-refractivity contribution in [3.8, 4) is 0 Å². The lowest BCUT2D eigenvalue weighted by Gasteiger charge is -2.14. The monoisotopic (exact) mass is 313 g/mol. The molecule has 1 aromatic rings. The molecule has 108 valence electrons. The fourth-order valence-electron chi connectivity index (χ4n) is 1.88. The van der Waals surface area contributed by atoms with Gasteiger partial charge in [-0.1, -0.05) is 23.7 Å². The third kappa shape index (κ3) is 4.33. The van der Waals surface area contributed by atoms with E-state index in [1.54, 1.807) is 24.3 Å². The first-order valence-corrected chi connectivity index (χ1v) is 7.16. The van der Waals surface area contributed by atoms with Gasteiger partial charge in [-0.2, -0.15) is 0 Å². The number of hydrogen-bond donors (Lipinski definition) is 3. The van der Waals surface area contributed by atoms with E-state index in [4.69, 9.17) is 28.6 Å². The van der Waals surface area contributed by atoms with Crippen LogP contribution in [0.15, 0.2) is 24.3 Å². The Balaban J connectivity index is 1.72. The van der Waals surface area contributed by atoms with Gasteiger partial charge in [0.05, 0.1) is 16.7 Å². The Kier molecular flexibility index (Phi) is 5.58. The third-order valence-electron chi connectivity index (χ3n) is 2.92. The zero-order valence-corrected chi connectivity index (χ0v) is 12.4. The molecule has 0 radical (unpaired) electrons. The van der Waals surface area contributed by atoms with Gasteiger partial charge in [-0.15, -0.1) is 0 Å². The van der Waals surface area contributed by atoms with E-state index in [0.717, 1.165) is 19.4 Å². The molecule has 0 saturated carbocycles. The summed E-state index contributed by atoms with van der Waals surface area (Å²) in [5, 5.41) is 3.74. The smallest absolute Gasteiger partial charge is 0.271 e. The largest absolute Gasteiger partial charge is 0.376 e. The highest BCUT2D eigenvalue weighted by Gasteiger charge is 2.15. The molecular formula is C13H16ClN3O2S. The minimum atomic E-state index is -0.336. The standard InChI is InChI=1S/C13H16ClN3O2S/c14-11-6-2-1-5-10(11)12(18)16-17-13(20)15-8-9-4-3-7-19-9/h1-2,5-6,9H,3-4,7-8H2,(H,16,18)(H2,15,17,20). The number of ether oxygens (including phenoxy) is 1. The lowest BCUT2D eigenvalue weighted by atomic mass is 10.2. The zero-order valence-electron chi connectivity index (χ0n) is 10.8. The first-order chi connectivity index (χ1) is 9.66. The molecule has 1 heterocycles. The number of carbonyl (C=O) groups excluding carboxylic acids is 1. The Morgan fingerprint density at radius 2 is 2.20 bits per heavy atom. The molecule has 1 saturated heterocycles. The molecule has 0 bridgehead atoms. The first kappa shape index (κ1) is 15.0. The summed E-state index contributed by atoms with van der Waals surface area (Å²) in [7, 11) is 0. The second-order valence-electron chi connectivity index (χ2n) is 4.40. The van der Waals surface area contributed by atoms with Gasteiger partial charge in [0.2, 0.25) is 0 Å². The summed E-state index contributed by atoms with van der Waals surface area (Å²) in [5.74, 6) is -0.336. The average molecular weight is 314 g/mol. The summed E-state index contributed by atoms with van der Waals surface area (Å²) in [4.78, 5) is 11.9. The van der Waals surface area contributed by atoms with Crippen LogP contribution >= 0.6 is 23.8 Å². The molecule has 1 aliphatic rings. The van der Waals surface area contributed by atoms with Crippen molar-refractivity contribution in [2.45, 2.75) is 18.9 Å². The van der Waals surface area contributed by atoms with Crippen LogP contribution in [0.25, 0.3) is 0 Å². The van der Waals surface area contributed by atoms with E-state index in [1.807, 2.05) is 0 Å². The first-order valence-electron chi connectivity index (χ1n) is 6.37. The molecule has 7 heteroatoms. The number of nitrogens with one attached hydrogen (secondary N) is 3. The molecule has 1 amide bonds. The highest BCUT2D eigenvalue weighted by molar-refractivity contribution is 7.80. The molecule has 3 N–H and O–H groups in total. The summed E-state index contributed by atoms with van der Waals surface area (Å²) < 4.78 is 5.46. The maximum Gasteiger partial charge on any atom is 0.271 e. The van der Waals surface area contributed by atoms with Gasteiger partial charge in [0, 0.05) is 13.2 Å². The Morgan fingerprint density at radius 3 is 2.90 bits per heavy atom. The number of halogens is 1. The van der Waals surface area contributed by atoms with Gasteiger partial charge in [0.15, 0.2) is 5.11 Å². The van der Waals surface area contributed by atoms with E-state index in [2.05, 4.69) is 16.2 Å². The third-order valence-corrected chi connectivity index (χ3v) is 3.50. The highest BCUT2D eigenvalue weighted by Crippen LogP contribution is 2.14. The van der Waals surface area contributed by atoms with Crippen molar-refractivity contribution >= 4 is 34.8 Å². The molecule has 1 fully saturated rings.